The number of hydrogen-bond donors (Lipinski definition) is 1. The third-order valence-electron chi connectivity index (χ3n) is 5.15. The number of aryl methyl sites for hydroxylation is 2. The number of aromatic nitrogens is 2. The summed E-state index contributed by atoms with van der Waals surface area (Å²) in [6.07, 6.45) is 1.65. The number of ether oxygens (including phenoxy) is 1. The molecule has 1 unspecified atom stereocenters. The van der Waals surface area contributed by atoms with Gasteiger partial charge in [-0.2, -0.15) is 8.42 Å². The number of carbonyl (C=O) groups excluding carboxylic acids is 1. The summed E-state index contributed by atoms with van der Waals surface area (Å²) in [4.78, 5) is 21.8. The molecule has 1 amide bonds. The number of rotatable bonds is 9. The smallest absolute Gasteiger partial charge is 0.282 e. The van der Waals surface area contributed by atoms with E-state index in [1.54, 1.807) is 56.3 Å². The lowest BCUT2D eigenvalue weighted by Crippen LogP contribution is -2.50. The molecule has 0 spiro atoms. The molecular weight excluding hydrogens is 440 g/mol. The first kappa shape index (κ1) is 24.2. The molecule has 0 aliphatic heterocycles. The summed E-state index contributed by atoms with van der Waals surface area (Å²) in [6.45, 7) is 5.48. The molecule has 0 aliphatic rings. The predicted molar refractivity (Wildman–Crippen MR) is 127 cm³/mol. The van der Waals surface area contributed by atoms with Crippen LogP contribution in [-0.4, -0.2) is 37.4 Å². The fraction of sp³-hybridized carbons (Fsp3) is 0.292. The number of anilines is 1. The number of sulfonamides is 1. The number of nitrogens with zero attached hydrogens (tertiary/aromatic N) is 3. The Hall–Kier alpha value is -3.46. The molecule has 0 radical (unpaired) electrons. The number of methoxy groups -OCH3 is 1. The maximum absolute atomic E-state index is 13.9. The van der Waals surface area contributed by atoms with Crippen molar-refractivity contribution in [2.45, 2.75) is 44.8 Å². The lowest BCUT2D eigenvalue weighted by atomic mass is 10.1. The monoisotopic (exact) mass is 468 g/mol. The molecule has 2 heterocycles. The van der Waals surface area contributed by atoms with Gasteiger partial charge in [0.1, 0.15) is 11.8 Å². The van der Waals surface area contributed by atoms with E-state index in [1.165, 1.54) is 13.3 Å². The van der Waals surface area contributed by atoms with Gasteiger partial charge < -0.3 is 10.1 Å². The summed E-state index contributed by atoms with van der Waals surface area (Å²) in [5, 5.41) is 2.73. The Morgan fingerprint density at radius 3 is 2.52 bits per heavy atom. The minimum atomic E-state index is -4.20. The van der Waals surface area contributed by atoms with E-state index in [0.29, 0.717) is 17.0 Å². The summed E-state index contributed by atoms with van der Waals surface area (Å²) in [5.74, 6) is -0.106. The van der Waals surface area contributed by atoms with Crippen LogP contribution in [0.2, 0.25) is 0 Å². The van der Waals surface area contributed by atoms with Gasteiger partial charge in [-0.25, -0.2) is 9.29 Å². The van der Waals surface area contributed by atoms with E-state index in [0.717, 1.165) is 10.00 Å². The SMILES string of the molecule is CCC(C(=O)NCc1cccc(C)n1)N(c1ccccc1OC)S(=O)(=O)c1ncccc1C. The van der Waals surface area contributed by atoms with Gasteiger partial charge >= 0.3 is 0 Å². The molecule has 3 rings (SSSR count). The first-order valence-corrected chi connectivity index (χ1v) is 12.0. The van der Waals surface area contributed by atoms with Gasteiger partial charge in [-0.3, -0.25) is 9.78 Å². The van der Waals surface area contributed by atoms with Crippen LogP contribution in [0, 0.1) is 13.8 Å². The van der Waals surface area contributed by atoms with E-state index in [9.17, 15) is 13.2 Å². The molecular formula is C24H28N4O4S. The van der Waals surface area contributed by atoms with Crippen molar-refractivity contribution < 1.29 is 17.9 Å². The molecule has 174 valence electrons. The highest BCUT2D eigenvalue weighted by atomic mass is 32.2. The molecule has 1 N–H and O–H groups in total. The first-order valence-electron chi connectivity index (χ1n) is 10.6. The molecule has 0 fully saturated rings. The van der Waals surface area contributed by atoms with Crippen molar-refractivity contribution in [3.63, 3.8) is 0 Å². The van der Waals surface area contributed by atoms with Crippen molar-refractivity contribution in [1.82, 2.24) is 15.3 Å². The van der Waals surface area contributed by atoms with Crippen molar-refractivity contribution in [3.8, 4) is 5.75 Å². The second-order valence-electron chi connectivity index (χ2n) is 7.51. The van der Waals surface area contributed by atoms with Gasteiger partial charge in [-0.05, 0) is 56.2 Å². The molecule has 0 aliphatic carbocycles. The third kappa shape index (κ3) is 5.31. The maximum atomic E-state index is 13.9. The quantitative estimate of drug-likeness (QED) is 0.517. The van der Waals surface area contributed by atoms with Gasteiger partial charge in [-0.15, -0.1) is 0 Å². The van der Waals surface area contributed by atoms with Crippen LogP contribution in [-0.2, 0) is 21.4 Å². The number of benzene rings is 1. The third-order valence-corrected chi connectivity index (χ3v) is 7.03. The average molecular weight is 469 g/mol. The van der Waals surface area contributed by atoms with Gasteiger partial charge in [0, 0.05) is 11.9 Å². The first-order chi connectivity index (χ1) is 15.8. The Bertz CT molecular complexity index is 1230. The number of nitrogens with one attached hydrogen (secondary N) is 1. The van der Waals surface area contributed by atoms with E-state index in [2.05, 4.69) is 15.3 Å². The molecule has 1 atom stereocenters. The Kier molecular flexibility index (Phi) is 7.65. The highest BCUT2D eigenvalue weighted by Gasteiger charge is 2.38. The van der Waals surface area contributed by atoms with Crippen molar-refractivity contribution in [3.05, 3.63) is 77.7 Å². The number of pyridine rings is 2. The molecule has 3 aromatic rings. The predicted octanol–water partition coefficient (Wildman–Crippen LogP) is 3.39. The van der Waals surface area contributed by atoms with Crippen LogP contribution in [0.4, 0.5) is 5.69 Å². The Labute approximate surface area is 194 Å². The Morgan fingerprint density at radius 1 is 1.09 bits per heavy atom. The van der Waals surface area contributed by atoms with Crippen LogP contribution in [0.5, 0.6) is 5.75 Å². The van der Waals surface area contributed by atoms with Crippen LogP contribution >= 0.6 is 0 Å². The minimum absolute atomic E-state index is 0.109. The van der Waals surface area contributed by atoms with Crippen molar-refractivity contribution in [2.75, 3.05) is 11.4 Å². The standard InChI is InChI=1S/C24H28N4O4S/c1-5-20(23(29)26-16-19-12-8-11-18(3)27-19)28(21-13-6-7-14-22(21)32-4)33(30,31)24-17(2)10-9-15-25-24/h6-15,20H,5,16H2,1-4H3,(H,26,29). The lowest BCUT2D eigenvalue weighted by molar-refractivity contribution is -0.122. The number of amides is 1. The van der Waals surface area contributed by atoms with E-state index in [-0.39, 0.29) is 23.7 Å². The zero-order chi connectivity index (χ0) is 24.0. The molecule has 9 heteroatoms. The molecule has 8 nitrogen and oxygen atoms in total. The van der Waals surface area contributed by atoms with Crippen molar-refractivity contribution in [1.29, 1.82) is 0 Å². The largest absolute Gasteiger partial charge is 0.495 e. The Balaban J connectivity index is 2.05. The molecule has 0 bridgehead atoms. The second-order valence-corrected chi connectivity index (χ2v) is 9.24. The summed E-state index contributed by atoms with van der Waals surface area (Å²) in [5.41, 5.74) is 2.26. The Morgan fingerprint density at radius 2 is 1.85 bits per heavy atom. The van der Waals surface area contributed by atoms with Gasteiger partial charge in [0.2, 0.25) is 5.91 Å². The number of carbonyl (C=O) groups is 1. The van der Waals surface area contributed by atoms with Gasteiger partial charge in [0.15, 0.2) is 5.03 Å². The normalized spacial score (nSPS) is 12.1. The average Bonchev–Trinajstić information content (AvgIpc) is 2.81. The zero-order valence-electron chi connectivity index (χ0n) is 19.1. The second kappa shape index (κ2) is 10.4. The van der Waals surface area contributed by atoms with Gasteiger partial charge in [-0.1, -0.05) is 31.2 Å². The molecule has 0 saturated carbocycles. The molecule has 0 saturated heterocycles. The van der Waals surface area contributed by atoms with Gasteiger partial charge in [0.05, 0.1) is 25.0 Å². The van der Waals surface area contributed by atoms with E-state index in [1.807, 2.05) is 19.1 Å². The summed E-state index contributed by atoms with van der Waals surface area (Å²) in [6, 6.07) is 14.6. The lowest BCUT2D eigenvalue weighted by Gasteiger charge is -2.32. The fourth-order valence-electron chi connectivity index (χ4n) is 3.56. The summed E-state index contributed by atoms with van der Waals surface area (Å²) >= 11 is 0. The highest BCUT2D eigenvalue weighted by molar-refractivity contribution is 7.92. The van der Waals surface area contributed by atoms with E-state index in [4.69, 9.17) is 4.74 Å². The van der Waals surface area contributed by atoms with E-state index < -0.39 is 22.0 Å². The fourth-order valence-corrected chi connectivity index (χ4v) is 5.41. The minimum Gasteiger partial charge on any atom is -0.495 e. The van der Waals surface area contributed by atoms with Crippen LogP contribution in [0.15, 0.2) is 65.8 Å². The molecule has 33 heavy (non-hydrogen) atoms. The number of hydrogen-bond acceptors (Lipinski definition) is 6. The van der Waals surface area contributed by atoms with Gasteiger partial charge in [0.25, 0.3) is 10.0 Å². The van der Waals surface area contributed by atoms with E-state index >= 15 is 0 Å². The van der Waals surface area contributed by atoms with Crippen molar-refractivity contribution >= 4 is 21.6 Å². The van der Waals surface area contributed by atoms with Crippen LogP contribution < -0.4 is 14.4 Å². The zero-order valence-corrected chi connectivity index (χ0v) is 20.0. The summed E-state index contributed by atoms with van der Waals surface area (Å²) < 4.78 is 34.3. The summed E-state index contributed by atoms with van der Waals surface area (Å²) in [7, 11) is -2.74. The molecule has 2 aromatic heterocycles. The number of para-hydroxylation sites is 2. The maximum Gasteiger partial charge on any atom is 0.282 e. The van der Waals surface area contributed by atoms with Crippen LogP contribution in [0.3, 0.4) is 0 Å². The topological polar surface area (TPSA) is 101 Å². The molecule has 1 aromatic carbocycles. The van der Waals surface area contributed by atoms with Crippen molar-refractivity contribution in [2.24, 2.45) is 0 Å². The van der Waals surface area contributed by atoms with Crippen LogP contribution in [0.1, 0.15) is 30.3 Å². The highest BCUT2D eigenvalue weighted by Crippen LogP contribution is 2.35. The van der Waals surface area contributed by atoms with Crippen LogP contribution in [0.25, 0.3) is 0 Å².